The highest BCUT2D eigenvalue weighted by Crippen LogP contribution is 2.64. The number of benzene rings is 2. The molecule has 2 saturated carbocycles. The second-order valence-electron chi connectivity index (χ2n) is 9.82. The Morgan fingerprint density at radius 3 is 2.53 bits per heavy atom. The van der Waals surface area contributed by atoms with E-state index in [2.05, 4.69) is 28.3 Å². The van der Waals surface area contributed by atoms with E-state index in [-0.39, 0.29) is 18.4 Å². The quantitative estimate of drug-likeness (QED) is 0.562. The number of carbonyl (C=O) groups is 1. The molecule has 1 saturated heterocycles. The maximum Gasteiger partial charge on any atom is 0.238 e. The monoisotopic (exact) mass is 482 g/mol. The summed E-state index contributed by atoms with van der Waals surface area (Å²) in [5.74, 6) is 1.68. The molecule has 2 aromatic rings. The van der Waals surface area contributed by atoms with Crippen molar-refractivity contribution in [3.8, 4) is 17.2 Å². The van der Waals surface area contributed by atoms with Crippen LogP contribution in [0.3, 0.4) is 0 Å². The lowest BCUT2D eigenvalue weighted by atomic mass is 9.94. The standard InChI is InChI=1S/C25H27FN4O3S/c1-13-22-19-11-21(23(13)22)29-24(19)25(31)28-18(12-27)9-16-4-3-15(10-20(16)26)14-5-7-17(8-6-14)30-34(2,32)33/h3-8,10,13,18-19,21-24,29-30H,9,11H2,1-2H3,(H,28,31)/t13-,18-,19+,21-,22-,23+,24-/m0/s1. The number of carbonyl (C=O) groups excluding carboxylic acids is 1. The molecule has 0 aromatic heterocycles. The van der Waals surface area contributed by atoms with Gasteiger partial charge in [0.2, 0.25) is 15.9 Å². The van der Waals surface area contributed by atoms with Crippen molar-refractivity contribution >= 4 is 21.6 Å². The molecular weight excluding hydrogens is 455 g/mol. The molecule has 0 unspecified atom stereocenters. The summed E-state index contributed by atoms with van der Waals surface area (Å²) in [7, 11) is -3.37. The summed E-state index contributed by atoms with van der Waals surface area (Å²) >= 11 is 0. The van der Waals surface area contributed by atoms with Gasteiger partial charge in [-0.25, -0.2) is 12.8 Å². The van der Waals surface area contributed by atoms with Crippen LogP contribution in [0.15, 0.2) is 42.5 Å². The van der Waals surface area contributed by atoms with Crippen LogP contribution in [0.25, 0.3) is 11.1 Å². The Labute approximate surface area is 198 Å². The van der Waals surface area contributed by atoms with Gasteiger partial charge in [0.15, 0.2) is 0 Å². The lowest BCUT2D eigenvalue weighted by Crippen LogP contribution is -2.51. The van der Waals surface area contributed by atoms with Crippen molar-refractivity contribution in [3.05, 3.63) is 53.8 Å². The molecule has 2 aromatic carbocycles. The highest BCUT2D eigenvalue weighted by atomic mass is 32.2. The number of hydrogen-bond donors (Lipinski definition) is 3. The fraction of sp³-hybridized carbons (Fsp3) is 0.440. The summed E-state index contributed by atoms with van der Waals surface area (Å²) in [4.78, 5) is 12.8. The van der Waals surface area contributed by atoms with Crippen LogP contribution in [0.1, 0.15) is 18.9 Å². The van der Waals surface area contributed by atoms with E-state index in [0.717, 1.165) is 18.2 Å². The number of fused-ring (bicyclic) bond motifs is 5. The maximum absolute atomic E-state index is 14.9. The zero-order valence-electron chi connectivity index (χ0n) is 19.0. The maximum atomic E-state index is 14.9. The second kappa shape index (κ2) is 8.36. The number of hydrogen-bond acceptors (Lipinski definition) is 5. The van der Waals surface area contributed by atoms with E-state index in [0.29, 0.717) is 46.5 Å². The third-order valence-corrected chi connectivity index (χ3v) is 8.18. The number of piperidine rings is 1. The van der Waals surface area contributed by atoms with Crippen molar-refractivity contribution in [2.75, 3.05) is 11.0 Å². The molecule has 1 amide bonds. The lowest BCUT2D eigenvalue weighted by Gasteiger charge is -2.23. The van der Waals surface area contributed by atoms with E-state index >= 15 is 0 Å². The minimum absolute atomic E-state index is 0.0782. The smallest absolute Gasteiger partial charge is 0.238 e. The van der Waals surface area contributed by atoms with Gasteiger partial charge in [0.1, 0.15) is 11.9 Å². The summed E-state index contributed by atoms with van der Waals surface area (Å²) < 4.78 is 39.9. The fourth-order valence-corrected chi connectivity index (χ4v) is 6.62. The van der Waals surface area contributed by atoms with Gasteiger partial charge in [-0.05, 0) is 65.0 Å². The van der Waals surface area contributed by atoms with E-state index in [4.69, 9.17) is 0 Å². The first kappa shape index (κ1) is 22.8. The molecule has 34 heavy (non-hydrogen) atoms. The molecule has 2 aliphatic carbocycles. The Morgan fingerprint density at radius 1 is 1.21 bits per heavy atom. The molecule has 0 radical (unpaired) electrons. The van der Waals surface area contributed by atoms with Gasteiger partial charge in [-0.1, -0.05) is 31.2 Å². The van der Waals surface area contributed by atoms with Crippen LogP contribution < -0.4 is 15.4 Å². The van der Waals surface area contributed by atoms with Crippen LogP contribution >= 0.6 is 0 Å². The molecule has 7 atom stereocenters. The number of nitrogens with one attached hydrogen (secondary N) is 3. The Morgan fingerprint density at radius 2 is 1.91 bits per heavy atom. The molecule has 3 N–H and O–H groups in total. The molecule has 3 fully saturated rings. The average molecular weight is 483 g/mol. The Kier molecular flexibility index (Phi) is 5.61. The van der Waals surface area contributed by atoms with Gasteiger partial charge in [0, 0.05) is 18.2 Å². The zero-order chi connectivity index (χ0) is 24.2. The van der Waals surface area contributed by atoms with Gasteiger partial charge in [-0.2, -0.15) is 5.26 Å². The summed E-state index contributed by atoms with van der Waals surface area (Å²) in [6.07, 6.45) is 2.17. The first-order valence-corrected chi connectivity index (χ1v) is 13.4. The first-order chi connectivity index (χ1) is 16.1. The van der Waals surface area contributed by atoms with Gasteiger partial charge in [-0.15, -0.1) is 0 Å². The highest BCUT2D eigenvalue weighted by molar-refractivity contribution is 7.92. The minimum atomic E-state index is -3.37. The topological polar surface area (TPSA) is 111 Å². The van der Waals surface area contributed by atoms with Crippen LogP contribution in [0.4, 0.5) is 10.1 Å². The SMILES string of the molecule is C[C@H]1[C@H]2[C@H]3C[C@H](N[C@@H]3C(=O)N[C@H](C#N)Cc3ccc(-c4ccc(NS(C)(=O)=O)cc4)cc3F)[C@@H]12. The van der Waals surface area contributed by atoms with Gasteiger partial charge < -0.3 is 10.6 Å². The molecule has 1 aliphatic heterocycles. The first-order valence-electron chi connectivity index (χ1n) is 11.5. The lowest BCUT2D eigenvalue weighted by molar-refractivity contribution is -0.124. The van der Waals surface area contributed by atoms with Crippen LogP contribution in [0, 0.1) is 40.8 Å². The Balaban J connectivity index is 1.23. The van der Waals surface area contributed by atoms with Gasteiger partial charge >= 0.3 is 0 Å². The van der Waals surface area contributed by atoms with Crippen molar-refractivity contribution in [2.45, 2.75) is 37.9 Å². The number of sulfonamides is 1. The Bertz CT molecular complexity index is 1270. The summed E-state index contributed by atoms with van der Waals surface area (Å²) in [6.45, 7) is 2.24. The molecule has 178 valence electrons. The second-order valence-corrected chi connectivity index (χ2v) is 11.6. The molecular formula is C25H27FN4O3S. The van der Waals surface area contributed by atoms with E-state index in [1.807, 2.05) is 0 Å². The van der Waals surface area contributed by atoms with Crippen molar-refractivity contribution in [1.29, 1.82) is 5.26 Å². The van der Waals surface area contributed by atoms with Gasteiger partial charge in [0.05, 0.1) is 18.4 Å². The van der Waals surface area contributed by atoms with Gasteiger partial charge in [-0.3, -0.25) is 9.52 Å². The van der Waals surface area contributed by atoms with E-state index in [9.17, 15) is 22.9 Å². The summed E-state index contributed by atoms with van der Waals surface area (Å²) in [5.41, 5.74) is 2.13. The Hall–Kier alpha value is -2.96. The molecule has 3 aliphatic rings. The number of halogens is 1. The number of rotatable bonds is 7. The van der Waals surface area contributed by atoms with Crippen LogP contribution in [0.2, 0.25) is 0 Å². The molecule has 5 rings (SSSR count). The third-order valence-electron chi connectivity index (χ3n) is 7.58. The third kappa shape index (κ3) is 4.28. The number of amides is 1. The van der Waals surface area contributed by atoms with E-state index in [1.54, 1.807) is 36.4 Å². The normalized spacial score (nSPS) is 29.7. The highest BCUT2D eigenvalue weighted by Gasteiger charge is 2.67. The van der Waals surface area contributed by atoms with Crippen molar-refractivity contribution in [1.82, 2.24) is 10.6 Å². The molecule has 7 nitrogen and oxygen atoms in total. The summed E-state index contributed by atoms with van der Waals surface area (Å²) in [5, 5.41) is 15.8. The predicted molar refractivity (Wildman–Crippen MR) is 127 cm³/mol. The fourth-order valence-electron chi connectivity index (χ4n) is 6.05. The zero-order valence-corrected chi connectivity index (χ0v) is 19.8. The van der Waals surface area contributed by atoms with Gasteiger partial charge in [0.25, 0.3) is 0 Å². The largest absolute Gasteiger partial charge is 0.339 e. The van der Waals surface area contributed by atoms with Crippen LogP contribution in [-0.2, 0) is 21.2 Å². The van der Waals surface area contributed by atoms with E-state index in [1.165, 1.54) is 6.07 Å². The van der Waals surface area contributed by atoms with Crippen LogP contribution in [0.5, 0.6) is 0 Å². The van der Waals surface area contributed by atoms with Crippen molar-refractivity contribution < 1.29 is 17.6 Å². The number of anilines is 1. The molecule has 0 spiro atoms. The predicted octanol–water partition coefficient (Wildman–Crippen LogP) is 2.66. The number of nitriles is 1. The number of nitrogens with zero attached hydrogens (tertiary/aromatic N) is 1. The van der Waals surface area contributed by atoms with Crippen LogP contribution in [-0.4, -0.2) is 38.7 Å². The average Bonchev–Trinajstić information content (AvgIpc) is 3.13. The van der Waals surface area contributed by atoms with Crippen molar-refractivity contribution in [3.63, 3.8) is 0 Å². The van der Waals surface area contributed by atoms with E-state index < -0.39 is 21.9 Å². The minimum Gasteiger partial charge on any atom is -0.339 e. The molecule has 9 heteroatoms. The molecule has 1 heterocycles. The molecule has 2 bridgehead atoms. The summed E-state index contributed by atoms with van der Waals surface area (Å²) in [6, 6.07) is 12.8. The van der Waals surface area contributed by atoms with Crippen molar-refractivity contribution in [2.24, 2.45) is 23.7 Å².